The number of nitrogens with one attached hydrogen (secondary N) is 3. The molecule has 3 aromatic rings. The Morgan fingerprint density at radius 2 is 1.76 bits per heavy atom. The third-order valence-corrected chi connectivity index (χ3v) is 6.50. The second kappa shape index (κ2) is 9.57. The number of aryl methyl sites for hydroxylation is 1. The van der Waals surface area contributed by atoms with Crippen molar-refractivity contribution in [2.75, 3.05) is 15.8 Å². The summed E-state index contributed by atoms with van der Waals surface area (Å²) < 4.78 is 27.6. The summed E-state index contributed by atoms with van der Waals surface area (Å²) in [6.45, 7) is 7.60. The number of benzene rings is 1. The Morgan fingerprint density at radius 3 is 2.33 bits per heavy atom. The van der Waals surface area contributed by atoms with E-state index in [4.69, 9.17) is 0 Å². The monoisotopic (exact) mass is 473 g/mol. The summed E-state index contributed by atoms with van der Waals surface area (Å²) in [6, 6.07) is 7.74. The number of rotatable bonds is 8. The van der Waals surface area contributed by atoms with Crippen LogP contribution in [0.25, 0.3) is 11.0 Å². The van der Waals surface area contributed by atoms with E-state index in [2.05, 4.69) is 20.0 Å². The van der Waals surface area contributed by atoms with E-state index in [1.54, 1.807) is 32.0 Å². The van der Waals surface area contributed by atoms with E-state index in [0.29, 0.717) is 23.5 Å². The van der Waals surface area contributed by atoms with Crippen LogP contribution < -0.4 is 21.3 Å². The van der Waals surface area contributed by atoms with Gasteiger partial charge in [-0.2, -0.15) is 0 Å². The summed E-state index contributed by atoms with van der Waals surface area (Å²) in [4.78, 5) is 44.7. The van der Waals surface area contributed by atoms with Gasteiger partial charge in [0, 0.05) is 23.6 Å². The number of fused-ring (bicyclic) bond motifs is 1. The molecule has 0 unspecified atom stereocenters. The number of sulfonamides is 1. The Bertz CT molecular complexity index is 1410. The van der Waals surface area contributed by atoms with Gasteiger partial charge in [0.2, 0.25) is 10.0 Å². The number of pyridine rings is 1. The first-order chi connectivity index (χ1) is 15.6. The Kier molecular flexibility index (Phi) is 7.01. The molecule has 1 amide bonds. The van der Waals surface area contributed by atoms with E-state index >= 15 is 0 Å². The van der Waals surface area contributed by atoms with Crippen LogP contribution in [0.4, 0.5) is 11.4 Å². The van der Waals surface area contributed by atoms with E-state index in [-0.39, 0.29) is 34.8 Å². The van der Waals surface area contributed by atoms with Crippen LogP contribution in [0.2, 0.25) is 0 Å². The first kappa shape index (κ1) is 24.2. The normalized spacial score (nSPS) is 11.7. The molecule has 0 fully saturated rings. The molecule has 0 aliphatic carbocycles. The van der Waals surface area contributed by atoms with E-state index in [1.807, 2.05) is 13.8 Å². The molecule has 0 aliphatic heterocycles. The predicted octanol–water partition coefficient (Wildman–Crippen LogP) is 2.63. The van der Waals surface area contributed by atoms with Gasteiger partial charge in [0.15, 0.2) is 5.65 Å². The molecule has 2 aromatic heterocycles. The fraction of sp³-hybridized carbons (Fsp3) is 0.364. The molecule has 0 aliphatic rings. The molecule has 11 heteroatoms. The van der Waals surface area contributed by atoms with Crippen LogP contribution in [-0.2, 0) is 16.6 Å². The van der Waals surface area contributed by atoms with Crippen molar-refractivity contribution in [3.8, 4) is 0 Å². The Labute approximate surface area is 191 Å². The number of nitrogens with zero attached hydrogens (tertiary/aromatic N) is 2. The lowest BCUT2D eigenvalue weighted by atomic mass is 10.0. The first-order valence-electron chi connectivity index (χ1n) is 10.7. The highest BCUT2D eigenvalue weighted by molar-refractivity contribution is 7.92. The van der Waals surface area contributed by atoms with Crippen molar-refractivity contribution < 1.29 is 13.2 Å². The fourth-order valence-electron chi connectivity index (χ4n) is 3.38. The maximum absolute atomic E-state index is 13.1. The van der Waals surface area contributed by atoms with Crippen molar-refractivity contribution in [1.82, 2.24) is 14.5 Å². The summed E-state index contributed by atoms with van der Waals surface area (Å²) in [5, 5.41) is 2.76. The number of amides is 1. The molecule has 0 radical (unpaired) electrons. The highest BCUT2D eigenvalue weighted by Crippen LogP contribution is 2.22. The molecule has 3 rings (SSSR count). The van der Waals surface area contributed by atoms with Crippen LogP contribution >= 0.6 is 0 Å². The average Bonchev–Trinajstić information content (AvgIpc) is 2.74. The standard InChI is InChI=1S/C22H27N5O5S/c1-5-11-33(31,32)26-15-9-7-14(8-10-15)23-20(28)16-12-17(13(3)4)24-19-18(16)21(29)25-22(30)27(19)6-2/h7-10,12-13,26H,5-6,11H2,1-4H3,(H,23,28)(H,25,29,30). The van der Waals surface area contributed by atoms with E-state index < -0.39 is 27.2 Å². The number of anilines is 2. The molecule has 0 saturated heterocycles. The molecule has 0 saturated carbocycles. The van der Waals surface area contributed by atoms with Crippen molar-refractivity contribution in [1.29, 1.82) is 0 Å². The number of aromatic amines is 1. The van der Waals surface area contributed by atoms with E-state index in [1.165, 1.54) is 16.7 Å². The zero-order valence-corrected chi connectivity index (χ0v) is 19.7. The molecular weight excluding hydrogens is 446 g/mol. The minimum atomic E-state index is -3.43. The van der Waals surface area contributed by atoms with Gasteiger partial charge in [0.05, 0.1) is 16.7 Å². The van der Waals surface area contributed by atoms with Gasteiger partial charge in [-0.3, -0.25) is 23.9 Å². The number of aromatic nitrogens is 3. The first-order valence-corrected chi connectivity index (χ1v) is 12.3. The molecule has 0 bridgehead atoms. The molecule has 176 valence electrons. The number of carbonyl (C=O) groups excluding carboxylic acids is 1. The van der Waals surface area contributed by atoms with Gasteiger partial charge >= 0.3 is 5.69 Å². The van der Waals surface area contributed by atoms with Gasteiger partial charge in [-0.05, 0) is 49.6 Å². The van der Waals surface area contributed by atoms with Gasteiger partial charge < -0.3 is 5.32 Å². The number of carbonyl (C=O) groups is 1. The van der Waals surface area contributed by atoms with E-state index in [0.717, 1.165) is 0 Å². The third-order valence-electron chi connectivity index (χ3n) is 5.01. The topological polar surface area (TPSA) is 143 Å². The number of hydrogen-bond acceptors (Lipinski definition) is 6. The highest BCUT2D eigenvalue weighted by Gasteiger charge is 2.20. The lowest BCUT2D eigenvalue weighted by Gasteiger charge is -2.14. The minimum absolute atomic E-state index is 0.0101. The fourth-order valence-corrected chi connectivity index (χ4v) is 4.52. The molecule has 2 heterocycles. The van der Waals surface area contributed by atoms with Crippen molar-refractivity contribution >= 4 is 38.3 Å². The Hall–Kier alpha value is -3.47. The maximum Gasteiger partial charge on any atom is 0.329 e. The van der Waals surface area contributed by atoms with Gasteiger partial charge in [-0.1, -0.05) is 20.8 Å². The molecule has 3 N–H and O–H groups in total. The lowest BCUT2D eigenvalue weighted by molar-refractivity contribution is 0.102. The zero-order valence-electron chi connectivity index (χ0n) is 18.9. The predicted molar refractivity (Wildman–Crippen MR) is 128 cm³/mol. The van der Waals surface area contributed by atoms with Gasteiger partial charge in [0.1, 0.15) is 0 Å². The van der Waals surface area contributed by atoms with Crippen molar-refractivity contribution in [2.45, 2.75) is 46.6 Å². The molecule has 33 heavy (non-hydrogen) atoms. The largest absolute Gasteiger partial charge is 0.329 e. The van der Waals surface area contributed by atoms with Crippen LogP contribution in [0.3, 0.4) is 0 Å². The summed E-state index contributed by atoms with van der Waals surface area (Å²) >= 11 is 0. The summed E-state index contributed by atoms with van der Waals surface area (Å²) in [7, 11) is -3.43. The third kappa shape index (κ3) is 5.30. The molecule has 0 spiro atoms. The van der Waals surface area contributed by atoms with Gasteiger partial charge in [0.25, 0.3) is 11.5 Å². The van der Waals surface area contributed by atoms with Crippen LogP contribution in [0.5, 0.6) is 0 Å². The van der Waals surface area contributed by atoms with Gasteiger partial charge in [-0.25, -0.2) is 18.2 Å². The highest BCUT2D eigenvalue weighted by atomic mass is 32.2. The summed E-state index contributed by atoms with van der Waals surface area (Å²) in [5.41, 5.74) is 0.337. The van der Waals surface area contributed by atoms with E-state index in [9.17, 15) is 22.8 Å². The molecule has 10 nitrogen and oxygen atoms in total. The van der Waals surface area contributed by atoms with Crippen molar-refractivity contribution in [2.24, 2.45) is 0 Å². The quantitative estimate of drug-likeness (QED) is 0.459. The van der Waals surface area contributed by atoms with Crippen LogP contribution in [0.15, 0.2) is 39.9 Å². The second-order valence-electron chi connectivity index (χ2n) is 7.90. The average molecular weight is 474 g/mol. The Morgan fingerprint density at radius 1 is 1.12 bits per heavy atom. The molecule has 0 atom stereocenters. The van der Waals surface area contributed by atoms with Crippen LogP contribution in [0, 0.1) is 0 Å². The molecule has 1 aromatic carbocycles. The SMILES string of the molecule is CCCS(=O)(=O)Nc1ccc(NC(=O)c2cc(C(C)C)nc3c2c(=O)[nH]c(=O)n3CC)cc1. The Balaban J connectivity index is 2.00. The smallest absolute Gasteiger partial charge is 0.322 e. The second-order valence-corrected chi connectivity index (χ2v) is 9.75. The lowest BCUT2D eigenvalue weighted by Crippen LogP contribution is -2.32. The van der Waals surface area contributed by atoms with Crippen LogP contribution in [0.1, 0.15) is 56.1 Å². The minimum Gasteiger partial charge on any atom is -0.322 e. The van der Waals surface area contributed by atoms with Crippen molar-refractivity contribution in [3.05, 3.63) is 62.4 Å². The summed E-state index contributed by atoms with van der Waals surface area (Å²) in [5.74, 6) is -0.581. The number of hydrogen-bond donors (Lipinski definition) is 3. The zero-order chi connectivity index (χ0) is 24.3. The van der Waals surface area contributed by atoms with Gasteiger partial charge in [-0.15, -0.1) is 0 Å². The van der Waals surface area contributed by atoms with Crippen molar-refractivity contribution in [3.63, 3.8) is 0 Å². The maximum atomic E-state index is 13.1. The molecular formula is C22H27N5O5S. The number of H-pyrrole nitrogens is 1. The summed E-state index contributed by atoms with van der Waals surface area (Å²) in [6.07, 6.45) is 0.493. The van der Waals surface area contributed by atoms with Crippen LogP contribution in [-0.4, -0.2) is 34.6 Å².